The van der Waals surface area contributed by atoms with Gasteiger partial charge in [-0.1, -0.05) is 48.0 Å². The quantitative estimate of drug-likeness (QED) is 0.454. The SMILES string of the molecule is COc1cccc(NS(=O)(=O)c2ccc3c(c2)C2C=CCC2C(c2ccccc2Cl)N3)c1. The third-order valence-corrected chi connectivity index (χ3v) is 7.93. The van der Waals surface area contributed by atoms with Crippen molar-refractivity contribution in [2.75, 3.05) is 17.1 Å². The van der Waals surface area contributed by atoms with E-state index in [4.69, 9.17) is 16.3 Å². The summed E-state index contributed by atoms with van der Waals surface area (Å²) in [5.74, 6) is 0.982. The number of nitrogens with one attached hydrogen (secondary N) is 2. The second-order valence-electron chi connectivity index (χ2n) is 8.08. The molecule has 3 unspecified atom stereocenters. The molecular formula is C25H23ClN2O3S. The predicted octanol–water partition coefficient (Wildman–Crippen LogP) is 5.98. The highest BCUT2D eigenvalue weighted by Crippen LogP contribution is 2.51. The molecule has 0 saturated heterocycles. The van der Waals surface area contributed by atoms with Crippen LogP contribution in [0.2, 0.25) is 5.02 Å². The van der Waals surface area contributed by atoms with Gasteiger partial charge in [-0.2, -0.15) is 0 Å². The number of methoxy groups -OCH3 is 1. The third-order valence-electron chi connectivity index (χ3n) is 6.21. The normalized spacial score (nSPS) is 21.4. The molecule has 0 fully saturated rings. The number of fused-ring (bicyclic) bond motifs is 3. The van der Waals surface area contributed by atoms with Crippen LogP contribution in [-0.2, 0) is 10.0 Å². The Kier molecular flexibility index (Phi) is 5.35. The van der Waals surface area contributed by atoms with Crippen LogP contribution in [0.3, 0.4) is 0 Å². The summed E-state index contributed by atoms with van der Waals surface area (Å²) >= 11 is 6.50. The lowest BCUT2D eigenvalue weighted by Gasteiger charge is -2.38. The molecule has 32 heavy (non-hydrogen) atoms. The zero-order valence-corrected chi connectivity index (χ0v) is 19.0. The lowest BCUT2D eigenvalue weighted by molar-refractivity contribution is 0.415. The van der Waals surface area contributed by atoms with Crippen molar-refractivity contribution >= 4 is 33.0 Å². The van der Waals surface area contributed by atoms with Crippen LogP contribution < -0.4 is 14.8 Å². The molecule has 1 heterocycles. The molecule has 3 atom stereocenters. The topological polar surface area (TPSA) is 67.4 Å². The minimum absolute atomic E-state index is 0.0635. The number of benzene rings is 3. The number of hydrogen-bond donors (Lipinski definition) is 2. The summed E-state index contributed by atoms with van der Waals surface area (Å²) < 4.78 is 34.0. The lowest BCUT2D eigenvalue weighted by atomic mass is 9.77. The largest absolute Gasteiger partial charge is 0.497 e. The maximum atomic E-state index is 13.1. The van der Waals surface area contributed by atoms with Gasteiger partial charge in [0.1, 0.15) is 5.75 Å². The smallest absolute Gasteiger partial charge is 0.261 e. The Labute approximate surface area is 193 Å². The molecule has 0 amide bonds. The van der Waals surface area contributed by atoms with Crippen LogP contribution in [0.5, 0.6) is 5.75 Å². The van der Waals surface area contributed by atoms with E-state index in [1.165, 1.54) is 0 Å². The van der Waals surface area contributed by atoms with E-state index in [2.05, 4.69) is 28.3 Å². The van der Waals surface area contributed by atoms with Crippen LogP contribution in [0.1, 0.15) is 29.5 Å². The highest BCUT2D eigenvalue weighted by atomic mass is 35.5. The molecule has 3 aromatic rings. The van der Waals surface area contributed by atoms with Crippen molar-refractivity contribution in [2.24, 2.45) is 5.92 Å². The van der Waals surface area contributed by atoms with Crippen molar-refractivity contribution in [3.63, 3.8) is 0 Å². The standard InChI is InChI=1S/C25H23ClN2O3S/c1-31-17-7-4-6-16(14-17)28-32(29,30)18-12-13-24-22(15-18)19-9-5-10-20(19)25(27-24)21-8-2-3-11-23(21)26/h2-9,11-15,19-20,25,27-28H,10H2,1H3. The second kappa shape index (κ2) is 8.19. The number of hydrogen-bond acceptors (Lipinski definition) is 4. The Morgan fingerprint density at radius 3 is 2.69 bits per heavy atom. The summed E-state index contributed by atoms with van der Waals surface area (Å²) in [6.07, 6.45) is 5.26. The van der Waals surface area contributed by atoms with Crippen LogP contribution in [0.15, 0.2) is 83.8 Å². The van der Waals surface area contributed by atoms with Crippen LogP contribution in [0.25, 0.3) is 0 Å². The molecule has 7 heteroatoms. The van der Waals surface area contributed by atoms with Crippen molar-refractivity contribution in [3.8, 4) is 5.75 Å². The zero-order valence-electron chi connectivity index (χ0n) is 17.5. The summed E-state index contributed by atoms with van der Waals surface area (Å²) in [5.41, 5.74) is 3.44. The Morgan fingerprint density at radius 1 is 1.03 bits per heavy atom. The van der Waals surface area contributed by atoms with Gasteiger partial charge in [-0.25, -0.2) is 8.42 Å². The number of ether oxygens (including phenoxy) is 1. The highest BCUT2D eigenvalue weighted by Gasteiger charge is 2.39. The Morgan fingerprint density at radius 2 is 1.88 bits per heavy atom. The summed E-state index contributed by atoms with van der Waals surface area (Å²) in [6, 6.07) is 20.1. The Balaban J connectivity index is 1.49. The first-order valence-corrected chi connectivity index (χ1v) is 12.3. The Bertz CT molecular complexity index is 1310. The second-order valence-corrected chi connectivity index (χ2v) is 10.2. The van der Waals surface area contributed by atoms with Gasteiger partial charge in [-0.3, -0.25) is 4.72 Å². The number of allylic oxidation sites excluding steroid dienone is 2. The predicted molar refractivity (Wildman–Crippen MR) is 128 cm³/mol. The molecular weight excluding hydrogens is 444 g/mol. The van der Waals surface area contributed by atoms with Crippen LogP contribution in [0, 0.1) is 5.92 Å². The molecule has 2 aliphatic rings. The van der Waals surface area contributed by atoms with E-state index in [9.17, 15) is 8.42 Å². The van der Waals surface area contributed by atoms with Gasteiger partial charge >= 0.3 is 0 Å². The van der Waals surface area contributed by atoms with Gasteiger partial charge in [-0.05, 0) is 59.9 Å². The fourth-order valence-electron chi connectivity index (χ4n) is 4.68. The summed E-state index contributed by atoms with van der Waals surface area (Å²) in [7, 11) is -2.20. The molecule has 5 rings (SSSR count). The molecule has 3 aromatic carbocycles. The van der Waals surface area contributed by atoms with Crippen molar-refractivity contribution < 1.29 is 13.2 Å². The van der Waals surface area contributed by atoms with E-state index < -0.39 is 10.0 Å². The van der Waals surface area contributed by atoms with Gasteiger partial charge in [-0.15, -0.1) is 0 Å². The molecule has 0 aromatic heterocycles. The monoisotopic (exact) mass is 466 g/mol. The van der Waals surface area contributed by atoms with Gasteiger partial charge in [0.2, 0.25) is 0 Å². The lowest BCUT2D eigenvalue weighted by Crippen LogP contribution is -2.29. The summed E-state index contributed by atoms with van der Waals surface area (Å²) in [4.78, 5) is 0.233. The molecule has 0 radical (unpaired) electrons. The Hall–Kier alpha value is -2.96. The van der Waals surface area contributed by atoms with Gasteiger partial charge in [0, 0.05) is 22.7 Å². The van der Waals surface area contributed by atoms with Crippen LogP contribution in [-0.4, -0.2) is 15.5 Å². The average Bonchev–Trinajstić information content (AvgIpc) is 3.29. The number of rotatable bonds is 5. The molecule has 2 N–H and O–H groups in total. The van der Waals surface area contributed by atoms with E-state index in [1.54, 1.807) is 43.5 Å². The van der Waals surface area contributed by atoms with E-state index in [-0.39, 0.29) is 22.8 Å². The van der Waals surface area contributed by atoms with Crippen LogP contribution >= 0.6 is 11.6 Å². The first kappa shape index (κ1) is 20.9. The molecule has 0 saturated carbocycles. The van der Waals surface area contributed by atoms with E-state index in [0.29, 0.717) is 11.4 Å². The first-order valence-electron chi connectivity index (χ1n) is 10.4. The number of halogens is 1. The van der Waals surface area contributed by atoms with Crippen molar-refractivity contribution in [1.29, 1.82) is 0 Å². The fraction of sp³-hybridized carbons (Fsp3) is 0.200. The molecule has 1 aliphatic carbocycles. The van der Waals surface area contributed by atoms with Crippen molar-refractivity contribution in [1.82, 2.24) is 0 Å². The summed E-state index contributed by atoms with van der Waals surface area (Å²) in [6.45, 7) is 0. The minimum Gasteiger partial charge on any atom is -0.497 e. The number of anilines is 2. The highest BCUT2D eigenvalue weighted by molar-refractivity contribution is 7.92. The maximum absolute atomic E-state index is 13.1. The van der Waals surface area contributed by atoms with E-state index in [0.717, 1.165) is 28.3 Å². The average molecular weight is 467 g/mol. The third kappa shape index (κ3) is 3.74. The fourth-order valence-corrected chi connectivity index (χ4v) is 6.01. The molecule has 1 aliphatic heterocycles. The number of sulfonamides is 1. The molecule has 5 nitrogen and oxygen atoms in total. The van der Waals surface area contributed by atoms with Crippen molar-refractivity contribution in [2.45, 2.75) is 23.3 Å². The van der Waals surface area contributed by atoms with Crippen molar-refractivity contribution in [3.05, 3.63) is 95.0 Å². The summed E-state index contributed by atoms with van der Waals surface area (Å²) in [5, 5.41) is 4.35. The van der Waals surface area contributed by atoms with E-state index >= 15 is 0 Å². The minimum atomic E-state index is -3.75. The molecule has 0 bridgehead atoms. The van der Waals surface area contributed by atoms with Gasteiger partial charge in [0.25, 0.3) is 10.0 Å². The zero-order chi connectivity index (χ0) is 22.3. The van der Waals surface area contributed by atoms with Crippen LogP contribution in [0.4, 0.5) is 11.4 Å². The maximum Gasteiger partial charge on any atom is 0.261 e. The molecule has 0 spiro atoms. The van der Waals surface area contributed by atoms with Gasteiger partial charge in [0.05, 0.1) is 23.7 Å². The molecule has 164 valence electrons. The first-order chi connectivity index (χ1) is 15.5. The van der Waals surface area contributed by atoms with Gasteiger partial charge in [0.15, 0.2) is 0 Å². The van der Waals surface area contributed by atoms with Gasteiger partial charge < -0.3 is 10.1 Å². The van der Waals surface area contributed by atoms with E-state index in [1.807, 2.05) is 24.3 Å².